The molecule has 0 atom stereocenters. The van der Waals surface area contributed by atoms with E-state index in [1.165, 1.54) is 22.6 Å². The average molecular weight is 519 g/mol. The third-order valence-electron chi connectivity index (χ3n) is 7.02. The van der Waals surface area contributed by atoms with E-state index in [0.717, 1.165) is 56.8 Å². The molecular weight excluding hydrogens is 484 g/mol. The van der Waals surface area contributed by atoms with Crippen molar-refractivity contribution in [3.05, 3.63) is 53.2 Å². The number of benzene rings is 1. The Kier molecular flexibility index (Phi) is 7.94. The maximum Gasteiger partial charge on any atom is 0.319 e. The second-order valence-electron chi connectivity index (χ2n) is 9.77. The molecule has 1 fully saturated rings. The van der Waals surface area contributed by atoms with Crippen molar-refractivity contribution < 1.29 is 14.3 Å². The Labute approximate surface area is 221 Å². The molecule has 11 nitrogen and oxygen atoms in total. The predicted octanol–water partition coefficient (Wildman–Crippen LogP) is 1.75. The normalized spacial score (nSPS) is 16.7. The minimum Gasteiger partial charge on any atom is -0.463 e. The molecule has 1 aromatic carbocycles. The second-order valence-corrected chi connectivity index (χ2v) is 9.77. The summed E-state index contributed by atoms with van der Waals surface area (Å²) in [6.45, 7) is 8.45. The van der Waals surface area contributed by atoms with Crippen molar-refractivity contribution in [3.63, 3.8) is 0 Å². The van der Waals surface area contributed by atoms with Gasteiger partial charge in [-0.1, -0.05) is 37.6 Å². The molecule has 0 radical (unpaired) electrons. The molecule has 0 unspecified atom stereocenters. The lowest BCUT2D eigenvalue weighted by molar-refractivity contribution is -0.137. The molecule has 5 rings (SSSR count). The smallest absolute Gasteiger partial charge is 0.319 e. The van der Waals surface area contributed by atoms with E-state index in [4.69, 9.17) is 10.5 Å². The van der Waals surface area contributed by atoms with Crippen LogP contribution < -0.4 is 10.5 Å². The van der Waals surface area contributed by atoms with Crippen molar-refractivity contribution in [1.29, 1.82) is 0 Å². The molecule has 2 amide bonds. The molecule has 0 saturated carbocycles. The minimum absolute atomic E-state index is 0.212. The van der Waals surface area contributed by atoms with Crippen molar-refractivity contribution in [2.24, 2.45) is 0 Å². The highest BCUT2D eigenvalue weighted by atomic mass is 16.5. The topological polar surface area (TPSA) is 134 Å². The number of amides is 2. The Morgan fingerprint density at radius 2 is 1.61 bits per heavy atom. The number of piperazine rings is 1. The lowest BCUT2D eigenvalue weighted by atomic mass is 10.1. The first-order chi connectivity index (χ1) is 18.5. The Balaban J connectivity index is 1.12. The van der Waals surface area contributed by atoms with Gasteiger partial charge in [-0.15, -0.1) is 0 Å². The third-order valence-corrected chi connectivity index (χ3v) is 7.02. The van der Waals surface area contributed by atoms with Crippen LogP contribution in [0.3, 0.4) is 0 Å². The molecule has 0 spiro atoms. The van der Waals surface area contributed by atoms with Gasteiger partial charge in [-0.05, 0) is 17.5 Å². The van der Waals surface area contributed by atoms with E-state index in [2.05, 4.69) is 61.2 Å². The maximum atomic E-state index is 11.7. The molecule has 0 aliphatic carbocycles. The van der Waals surface area contributed by atoms with E-state index < -0.39 is 0 Å². The summed E-state index contributed by atoms with van der Waals surface area (Å²) in [4.78, 5) is 38.3. The van der Waals surface area contributed by atoms with Crippen LogP contribution in [0.25, 0.3) is 11.0 Å². The number of rotatable bonds is 11. The van der Waals surface area contributed by atoms with E-state index in [0.29, 0.717) is 43.0 Å². The van der Waals surface area contributed by atoms with Crippen LogP contribution in [-0.4, -0.2) is 92.6 Å². The number of H-pyrrole nitrogens is 1. The summed E-state index contributed by atoms with van der Waals surface area (Å²) < 4.78 is 5.67. The van der Waals surface area contributed by atoms with Crippen LogP contribution in [0.5, 0.6) is 6.01 Å². The highest BCUT2D eigenvalue weighted by Gasteiger charge is 2.25. The van der Waals surface area contributed by atoms with Crippen LogP contribution in [0.2, 0.25) is 0 Å². The van der Waals surface area contributed by atoms with Gasteiger partial charge in [-0.3, -0.25) is 29.4 Å². The fraction of sp³-hybridized carbons (Fsp3) is 0.444. The third kappa shape index (κ3) is 6.00. The molecule has 11 heteroatoms. The number of hydrogen-bond acceptors (Lipinski definition) is 9. The number of nitrogens with two attached hydrogens (primary N) is 1. The SMILES string of the molecule is CCCCOc1nc(N)c2n[nH]c(Cc3ccc(CN4CCN(CCN5C(=O)C=CC5=O)CC4)cc3)c2n1. The summed E-state index contributed by atoms with van der Waals surface area (Å²) in [6.07, 6.45) is 5.30. The van der Waals surface area contributed by atoms with Gasteiger partial charge in [0.05, 0.1) is 12.3 Å². The number of nitrogens with one attached hydrogen (secondary N) is 1. The number of hydrogen-bond donors (Lipinski definition) is 2. The predicted molar refractivity (Wildman–Crippen MR) is 143 cm³/mol. The quantitative estimate of drug-likeness (QED) is 0.288. The maximum absolute atomic E-state index is 11.7. The number of unbranched alkanes of at least 4 members (excludes halogenated alkanes) is 1. The van der Waals surface area contributed by atoms with Gasteiger partial charge >= 0.3 is 6.01 Å². The van der Waals surface area contributed by atoms with Crippen molar-refractivity contribution >= 4 is 28.7 Å². The molecule has 2 aliphatic rings. The molecular formula is C27H34N8O3. The summed E-state index contributed by atoms with van der Waals surface area (Å²) in [6, 6.07) is 8.90. The van der Waals surface area contributed by atoms with E-state index in [9.17, 15) is 9.59 Å². The van der Waals surface area contributed by atoms with Gasteiger partial charge in [-0.2, -0.15) is 15.1 Å². The van der Waals surface area contributed by atoms with E-state index in [1.807, 2.05) is 0 Å². The van der Waals surface area contributed by atoms with Gasteiger partial charge < -0.3 is 10.5 Å². The van der Waals surface area contributed by atoms with Crippen molar-refractivity contribution in [2.45, 2.75) is 32.7 Å². The zero-order valence-electron chi connectivity index (χ0n) is 21.7. The Morgan fingerprint density at radius 1 is 0.921 bits per heavy atom. The molecule has 4 heterocycles. The summed E-state index contributed by atoms with van der Waals surface area (Å²) in [5, 5.41) is 7.39. The molecule has 38 heavy (non-hydrogen) atoms. The van der Waals surface area contributed by atoms with Crippen LogP contribution in [0, 0.1) is 0 Å². The summed E-state index contributed by atoms with van der Waals surface area (Å²) in [7, 11) is 0. The largest absolute Gasteiger partial charge is 0.463 e. The summed E-state index contributed by atoms with van der Waals surface area (Å²) in [5.74, 6) is -0.109. The number of nitrogens with zero attached hydrogens (tertiary/aromatic N) is 6. The zero-order chi connectivity index (χ0) is 26.5. The van der Waals surface area contributed by atoms with Crippen LogP contribution in [-0.2, 0) is 22.6 Å². The van der Waals surface area contributed by atoms with Gasteiger partial charge in [0.1, 0.15) is 5.52 Å². The molecule has 2 aliphatic heterocycles. The van der Waals surface area contributed by atoms with Gasteiger partial charge in [0, 0.05) is 64.4 Å². The van der Waals surface area contributed by atoms with E-state index >= 15 is 0 Å². The minimum atomic E-state index is -0.212. The average Bonchev–Trinajstić information content (AvgIpc) is 3.47. The zero-order valence-corrected chi connectivity index (χ0v) is 21.7. The second kappa shape index (κ2) is 11.7. The number of imide groups is 1. The fourth-order valence-corrected chi connectivity index (χ4v) is 4.73. The monoisotopic (exact) mass is 518 g/mol. The van der Waals surface area contributed by atoms with Gasteiger partial charge in [-0.25, -0.2) is 0 Å². The number of fused-ring (bicyclic) bond motifs is 1. The Morgan fingerprint density at radius 3 is 2.32 bits per heavy atom. The fourth-order valence-electron chi connectivity index (χ4n) is 4.73. The standard InChI is InChI=1S/C27H34N8O3/c1-2-3-16-38-27-29-24-21(31-32-25(24)26(28)30-27)17-19-4-6-20(7-5-19)18-34-12-10-33(11-13-34)14-15-35-22(36)8-9-23(35)37/h4-9H,2-3,10-18H2,1H3,(H,31,32)(H2,28,29,30). The highest BCUT2D eigenvalue weighted by molar-refractivity contribution is 6.12. The number of aromatic amines is 1. The van der Waals surface area contributed by atoms with E-state index in [-0.39, 0.29) is 17.8 Å². The number of anilines is 1. The molecule has 3 N–H and O–H groups in total. The van der Waals surface area contributed by atoms with Crippen molar-refractivity contribution in [3.8, 4) is 6.01 Å². The van der Waals surface area contributed by atoms with E-state index in [1.54, 1.807) is 0 Å². The van der Waals surface area contributed by atoms with Crippen LogP contribution >= 0.6 is 0 Å². The number of ether oxygens (including phenoxy) is 1. The van der Waals surface area contributed by atoms with Gasteiger partial charge in [0.2, 0.25) is 0 Å². The molecule has 2 aromatic heterocycles. The summed E-state index contributed by atoms with van der Waals surface area (Å²) >= 11 is 0. The lowest BCUT2D eigenvalue weighted by Crippen LogP contribution is -2.48. The first-order valence-electron chi connectivity index (χ1n) is 13.2. The highest BCUT2D eigenvalue weighted by Crippen LogP contribution is 2.23. The number of carbonyl (C=O) groups is 2. The first-order valence-corrected chi connectivity index (χ1v) is 13.2. The number of nitrogen functional groups attached to an aromatic ring is 1. The van der Waals surface area contributed by atoms with Crippen LogP contribution in [0.15, 0.2) is 36.4 Å². The lowest BCUT2D eigenvalue weighted by Gasteiger charge is -2.35. The van der Waals surface area contributed by atoms with Gasteiger partial charge in [0.25, 0.3) is 11.8 Å². The molecule has 0 bridgehead atoms. The Bertz CT molecular complexity index is 1290. The summed E-state index contributed by atoms with van der Waals surface area (Å²) in [5.41, 5.74) is 10.6. The Hall–Kier alpha value is -3.83. The van der Waals surface area contributed by atoms with Crippen molar-refractivity contribution in [2.75, 3.05) is 51.6 Å². The van der Waals surface area contributed by atoms with Gasteiger partial charge in [0.15, 0.2) is 11.3 Å². The number of carbonyl (C=O) groups excluding carboxylic acids is 2. The number of aromatic nitrogens is 4. The molecule has 3 aromatic rings. The first kappa shape index (κ1) is 25.8. The van der Waals surface area contributed by atoms with Crippen molar-refractivity contribution in [1.82, 2.24) is 34.9 Å². The molecule has 200 valence electrons. The van der Waals surface area contributed by atoms with Crippen LogP contribution in [0.1, 0.15) is 36.6 Å². The molecule has 1 saturated heterocycles. The van der Waals surface area contributed by atoms with Crippen LogP contribution in [0.4, 0.5) is 5.82 Å².